The Morgan fingerprint density at radius 1 is 1.44 bits per heavy atom. The van der Waals surface area contributed by atoms with Crippen molar-refractivity contribution in [3.63, 3.8) is 0 Å². The molecule has 0 bridgehead atoms. The SMILES string of the molecule is O=C(O)Cn1nc(I)c2c(C(F)(F)F)cccc21. The largest absolute Gasteiger partial charge is 0.480 e. The predicted octanol–water partition coefficient (Wildman–Crippen LogP) is 2.74. The summed E-state index contributed by atoms with van der Waals surface area (Å²) in [7, 11) is 0. The number of nitrogens with zero attached hydrogens (tertiary/aromatic N) is 2. The third-order valence-corrected chi connectivity index (χ3v) is 3.08. The summed E-state index contributed by atoms with van der Waals surface area (Å²) in [4.78, 5) is 10.6. The van der Waals surface area contributed by atoms with Crippen LogP contribution in [0.2, 0.25) is 0 Å². The van der Waals surface area contributed by atoms with Gasteiger partial charge >= 0.3 is 12.1 Å². The van der Waals surface area contributed by atoms with Crippen LogP contribution in [0.1, 0.15) is 5.56 Å². The molecule has 18 heavy (non-hydrogen) atoms. The second-order valence-electron chi connectivity index (χ2n) is 3.54. The van der Waals surface area contributed by atoms with Crippen LogP contribution in [0.25, 0.3) is 10.9 Å². The van der Waals surface area contributed by atoms with Crippen LogP contribution in [-0.4, -0.2) is 20.9 Å². The van der Waals surface area contributed by atoms with Gasteiger partial charge in [0.1, 0.15) is 10.2 Å². The molecule has 0 spiro atoms. The van der Waals surface area contributed by atoms with E-state index >= 15 is 0 Å². The van der Waals surface area contributed by atoms with Crippen LogP contribution >= 0.6 is 22.6 Å². The first-order valence-corrected chi connectivity index (χ1v) is 5.82. The Labute approximate surface area is 113 Å². The first-order chi connectivity index (χ1) is 8.30. The fourth-order valence-corrected chi connectivity index (χ4v) is 2.49. The number of fused-ring (bicyclic) bond motifs is 1. The maximum Gasteiger partial charge on any atom is 0.417 e. The zero-order valence-corrected chi connectivity index (χ0v) is 10.9. The van der Waals surface area contributed by atoms with Gasteiger partial charge in [0.2, 0.25) is 0 Å². The van der Waals surface area contributed by atoms with Gasteiger partial charge in [-0.05, 0) is 34.7 Å². The first kappa shape index (κ1) is 13.1. The van der Waals surface area contributed by atoms with Crippen molar-refractivity contribution < 1.29 is 23.1 Å². The number of alkyl halides is 3. The van der Waals surface area contributed by atoms with Gasteiger partial charge in [-0.2, -0.15) is 18.3 Å². The molecule has 0 unspecified atom stereocenters. The van der Waals surface area contributed by atoms with E-state index in [9.17, 15) is 18.0 Å². The van der Waals surface area contributed by atoms with Crippen LogP contribution in [0, 0.1) is 3.70 Å². The van der Waals surface area contributed by atoms with E-state index in [-0.39, 0.29) is 14.6 Å². The molecule has 8 heteroatoms. The number of benzene rings is 1. The minimum absolute atomic E-state index is 0.0631. The maximum absolute atomic E-state index is 12.8. The molecule has 0 aliphatic heterocycles. The normalized spacial score (nSPS) is 12.0. The van der Waals surface area contributed by atoms with Gasteiger partial charge in [0.25, 0.3) is 0 Å². The van der Waals surface area contributed by atoms with E-state index in [1.807, 2.05) is 0 Å². The number of rotatable bonds is 2. The molecule has 0 saturated carbocycles. The minimum atomic E-state index is -4.49. The maximum atomic E-state index is 12.8. The number of halogens is 4. The lowest BCUT2D eigenvalue weighted by Gasteiger charge is -2.08. The molecule has 0 aliphatic rings. The molecule has 2 rings (SSSR count). The molecular weight excluding hydrogens is 364 g/mol. The van der Waals surface area contributed by atoms with Gasteiger partial charge in [-0.1, -0.05) is 6.07 Å². The Balaban J connectivity index is 2.72. The Kier molecular flexibility index (Phi) is 3.21. The van der Waals surface area contributed by atoms with Crippen molar-refractivity contribution in [2.45, 2.75) is 12.7 Å². The molecule has 0 amide bonds. The van der Waals surface area contributed by atoms with Crippen LogP contribution in [0.3, 0.4) is 0 Å². The highest BCUT2D eigenvalue weighted by atomic mass is 127. The van der Waals surface area contributed by atoms with Gasteiger partial charge < -0.3 is 5.11 Å². The molecule has 1 N–H and O–H groups in total. The molecule has 0 fully saturated rings. The molecular formula is C10H6F3IN2O2. The number of aromatic nitrogens is 2. The smallest absolute Gasteiger partial charge is 0.417 e. The second-order valence-corrected chi connectivity index (χ2v) is 4.56. The summed E-state index contributed by atoms with van der Waals surface area (Å²) in [6, 6.07) is 3.61. The molecule has 1 aromatic heterocycles. The van der Waals surface area contributed by atoms with E-state index < -0.39 is 24.3 Å². The van der Waals surface area contributed by atoms with Crippen LogP contribution in [-0.2, 0) is 17.5 Å². The molecule has 0 atom stereocenters. The topological polar surface area (TPSA) is 55.1 Å². The summed E-state index contributed by atoms with van der Waals surface area (Å²) in [6.45, 7) is -0.471. The molecule has 96 valence electrons. The van der Waals surface area contributed by atoms with Gasteiger partial charge in [-0.3, -0.25) is 9.48 Å². The fourth-order valence-electron chi connectivity index (χ4n) is 1.67. The van der Waals surface area contributed by atoms with Gasteiger partial charge in [-0.25, -0.2) is 0 Å². The molecule has 0 aliphatic carbocycles. The Morgan fingerprint density at radius 2 is 2.11 bits per heavy atom. The van der Waals surface area contributed by atoms with Crippen molar-refractivity contribution in [2.24, 2.45) is 0 Å². The number of hydrogen-bond acceptors (Lipinski definition) is 2. The average Bonchev–Trinajstić information content (AvgIpc) is 2.54. The third-order valence-electron chi connectivity index (χ3n) is 2.33. The third kappa shape index (κ3) is 2.28. The fraction of sp³-hybridized carbons (Fsp3) is 0.200. The molecule has 0 saturated heterocycles. The summed E-state index contributed by atoms with van der Waals surface area (Å²) in [5.41, 5.74) is -0.641. The zero-order valence-electron chi connectivity index (χ0n) is 8.70. The Morgan fingerprint density at radius 3 is 2.67 bits per heavy atom. The number of carboxylic acids is 1. The standard InChI is InChI=1S/C10H6F3IN2O2/c11-10(12,13)5-2-1-3-6-8(5)9(14)15-16(6)4-7(17)18/h1-3H,4H2,(H,17,18). The summed E-state index contributed by atoms with van der Waals surface area (Å²) < 4.78 is 39.6. The molecule has 2 aromatic rings. The van der Waals surface area contributed by atoms with Gasteiger partial charge in [-0.15, -0.1) is 0 Å². The lowest BCUT2D eigenvalue weighted by atomic mass is 10.1. The van der Waals surface area contributed by atoms with Crippen molar-refractivity contribution in [1.82, 2.24) is 9.78 Å². The van der Waals surface area contributed by atoms with Crippen LogP contribution < -0.4 is 0 Å². The van der Waals surface area contributed by atoms with Gasteiger partial charge in [0.15, 0.2) is 0 Å². The summed E-state index contributed by atoms with van der Waals surface area (Å²) >= 11 is 1.67. The zero-order chi connectivity index (χ0) is 13.5. The molecule has 4 nitrogen and oxygen atoms in total. The summed E-state index contributed by atoms with van der Waals surface area (Å²) in [5.74, 6) is -1.16. The number of carboxylic acid groups (broad SMARTS) is 1. The van der Waals surface area contributed by atoms with E-state index in [2.05, 4.69) is 5.10 Å². The van der Waals surface area contributed by atoms with Crippen molar-refractivity contribution >= 4 is 39.5 Å². The van der Waals surface area contributed by atoms with Crippen molar-refractivity contribution in [2.75, 3.05) is 0 Å². The number of aliphatic carboxylic acids is 1. The highest BCUT2D eigenvalue weighted by Gasteiger charge is 2.34. The predicted molar refractivity (Wildman–Crippen MR) is 65.1 cm³/mol. The van der Waals surface area contributed by atoms with E-state index in [0.717, 1.165) is 10.7 Å². The monoisotopic (exact) mass is 370 g/mol. The van der Waals surface area contributed by atoms with E-state index in [1.54, 1.807) is 22.6 Å². The van der Waals surface area contributed by atoms with Crippen molar-refractivity contribution in [1.29, 1.82) is 0 Å². The number of carbonyl (C=O) groups is 1. The van der Waals surface area contributed by atoms with Crippen molar-refractivity contribution in [3.05, 3.63) is 27.5 Å². The van der Waals surface area contributed by atoms with Gasteiger partial charge in [0, 0.05) is 5.39 Å². The Hall–Kier alpha value is -1.32. The van der Waals surface area contributed by atoms with Crippen LogP contribution in [0.5, 0.6) is 0 Å². The highest BCUT2D eigenvalue weighted by molar-refractivity contribution is 14.1. The highest BCUT2D eigenvalue weighted by Crippen LogP contribution is 2.36. The van der Waals surface area contributed by atoms with Crippen LogP contribution in [0.15, 0.2) is 18.2 Å². The average molecular weight is 370 g/mol. The number of hydrogen-bond donors (Lipinski definition) is 1. The minimum Gasteiger partial charge on any atom is -0.480 e. The van der Waals surface area contributed by atoms with Crippen molar-refractivity contribution in [3.8, 4) is 0 Å². The van der Waals surface area contributed by atoms with Crippen LogP contribution in [0.4, 0.5) is 13.2 Å². The van der Waals surface area contributed by atoms with E-state index in [1.165, 1.54) is 12.1 Å². The molecule has 1 aromatic carbocycles. The lowest BCUT2D eigenvalue weighted by molar-refractivity contribution is -0.138. The van der Waals surface area contributed by atoms with Gasteiger partial charge in [0.05, 0.1) is 11.1 Å². The summed E-state index contributed by atoms with van der Waals surface area (Å²) in [5, 5.41) is 12.4. The lowest BCUT2D eigenvalue weighted by Crippen LogP contribution is -2.10. The second kappa shape index (κ2) is 4.41. The molecule has 0 radical (unpaired) electrons. The van der Waals surface area contributed by atoms with E-state index in [4.69, 9.17) is 5.11 Å². The first-order valence-electron chi connectivity index (χ1n) is 4.74. The molecule has 1 heterocycles. The Bertz CT molecular complexity index is 621. The van der Waals surface area contributed by atoms with E-state index in [0.29, 0.717) is 0 Å². The quantitative estimate of drug-likeness (QED) is 0.828. The summed E-state index contributed by atoms with van der Waals surface area (Å²) in [6.07, 6.45) is -4.49.